The van der Waals surface area contributed by atoms with Crippen molar-refractivity contribution >= 4 is 0 Å². The van der Waals surface area contributed by atoms with Gasteiger partial charge < -0.3 is 5.11 Å². The van der Waals surface area contributed by atoms with Crippen LogP contribution in [0.3, 0.4) is 0 Å². The van der Waals surface area contributed by atoms with Crippen molar-refractivity contribution in [1.82, 2.24) is 0 Å². The third kappa shape index (κ3) is 2.40. The first kappa shape index (κ1) is 13.3. The Hall–Kier alpha value is -0.720. The fourth-order valence-electron chi connectivity index (χ4n) is 0.681. The van der Waals surface area contributed by atoms with E-state index in [1.807, 2.05) is 0 Å². The Morgan fingerprint density at radius 3 is 1.57 bits per heavy atom. The lowest BCUT2D eigenvalue weighted by molar-refractivity contribution is -0.366. The molecule has 0 aromatic rings. The van der Waals surface area contributed by atoms with Gasteiger partial charge >= 0.3 is 12.4 Å². The highest BCUT2D eigenvalue weighted by Crippen LogP contribution is 2.45. The molecular formula is C7H8F6O. The van der Waals surface area contributed by atoms with Crippen molar-refractivity contribution in [1.29, 1.82) is 0 Å². The summed E-state index contributed by atoms with van der Waals surface area (Å²) >= 11 is 0. The highest BCUT2D eigenvalue weighted by atomic mass is 19.4. The Bertz CT molecular complexity index is 199. The molecule has 0 aliphatic rings. The second kappa shape index (κ2) is 3.80. The maximum absolute atomic E-state index is 11.9. The van der Waals surface area contributed by atoms with Crippen LogP contribution in [0.1, 0.15) is 13.3 Å². The van der Waals surface area contributed by atoms with Gasteiger partial charge in [-0.25, -0.2) is 0 Å². The van der Waals surface area contributed by atoms with Crippen LogP contribution in [0, 0.1) is 0 Å². The number of hydrogen-bond donors (Lipinski definition) is 1. The maximum Gasteiger partial charge on any atom is 0.426 e. The summed E-state index contributed by atoms with van der Waals surface area (Å²) in [6, 6.07) is 0. The molecule has 0 spiro atoms. The van der Waals surface area contributed by atoms with Gasteiger partial charge in [0, 0.05) is 6.42 Å². The lowest BCUT2D eigenvalue weighted by Gasteiger charge is -2.31. The van der Waals surface area contributed by atoms with Crippen LogP contribution < -0.4 is 0 Å². The molecule has 0 aromatic carbocycles. The Labute approximate surface area is 76.0 Å². The molecule has 0 aliphatic heterocycles. The highest BCUT2D eigenvalue weighted by Gasteiger charge is 2.69. The van der Waals surface area contributed by atoms with E-state index in [4.69, 9.17) is 5.11 Å². The van der Waals surface area contributed by atoms with Crippen LogP contribution in [-0.4, -0.2) is 23.1 Å². The number of aliphatic hydroxyl groups is 1. The molecule has 1 N–H and O–H groups in total. The third-order valence-corrected chi connectivity index (χ3v) is 1.59. The van der Waals surface area contributed by atoms with E-state index in [-0.39, 0.29) is 0 Å². The minimum absolute atomic E-state index is 0.612. The van der Waals surface area contributed by atoms with Crippen molar-refractivity contribution in [3.05, 3.63) is 12.2 Å². The summed E-state index contributed by atoms with van der Waals surface area (Å²) in [5, 5.41) is 8.51. The van der Waals surface area contributed by atoms with E-state index in [1.54, 1.807) is 0 Å². The van der Waals surface area contributed by atoms with Crippen LogP contribution in [0.2, 0.25) is 0 Å². The summed E-state index contributed by atoms with van der Waals surface area (Å²) < 4.78 is 71.5. The molecule has 14 heavy (non-hydrogen) atoms. The Kier molecular flexibility index (Phi) is 3.60. The van der Waals surface area contributed by atoms with Gasteiger partial charge in [0.25, 0.3) is 5.60 Å². The normalized spacial score (nSPS) is 15.1. The number of hydrogen-bond acceptors (Lipinski definition) is 1. The van der Waals surface area contributed by atoms with Gasteiger partial charge in [0.05, 0.1) is 0 Å². The minimum atomic E-state index is -5.73. The molecule has 0 heterocycles. The minimum Gasteiger partial charge on any atom is -0.373 e. The average Bonchev–Trinajstić information content (AvgIpc) is 1.95. The summed E-state index contributed by atoms with van der Waals surface area (Å²) in [6.07, 6.45) is -11.4. The number of alkyl halides is 6. The third-order valence-electron chi connectivity index (χ3n) is 1.59. The van der Waals surface area contributed by atoms with E-state index in [1.165, 1.54) is 6.92 Å². The quantitative estimate of drug-likeness (QED) is 0.562. The zero-order chi connectivity index (χ0) is 11.6. The monoisotopic (exact) mass is 222 g/mol. The molecular weight excluding hydrogens is 214 g/mol. The topological polar surface area (TPSA) is 20.2 Å². The number of rotatable bonds is 2. The second-order valence-electron chi connectivity index (χ2n) is 2.63. The van der Waals surface area contributed by atoms with Gasteiger partial charge in [0.2, 0.25) is 0 Å². The Balaban J connectivity index is 5.07. The van der Waals surface area contributed by atoms with Gasteiger partial charge in [-0.3, -0.25) is 0 Å². The number of allylic oxidation sites excluding steroid dienone is 1. The van der Waals surface area contributed by atoms with Crippen molar-refractivity contribution in [2.24, 2.45) is 0 Å². The summed E-state index contributed by atoms with van der Waals surface area (Å²) in [6.45, 7) is 1.26. The lowest BCUT2D eigenvalue weighted by atomic mass is 9.98. The van der Waals surface area contributed by atoms with E-state index >= 15 is 0 Å². The van der Waals surface area contributed by atoms with Crippen LogP contribution in [0.15, 0.2) is 12.2 Å². The van der Waals surface area contributed by atoms with Gasteiger partial charge in [-0.2, -0.15) is 26.3 Å². The van der Waals surface area contributed by atoms with Crippen molar-refractivity contribution in [3.8, 4) is 0 Å². The summed E-state index contributed by atoms with van der Waals surface area (Å²) in [5.41, 5.74) is -4.66. The van der Waals surface area contributed by atoms with E-state index < -0.39 is 24.4 Å². The average molecular weight is 222 g/mol. The lowest BCUT2D eigenvalue weighted by Crippen LogP contribution is -2.56. The highest BCUT2D eigenvalue weighted by molar-refractivity contribution is 4.99. The standard InChI is InChI=1S/C7H8F6O/c1-2-3-4-5(14,6(8,9)10)7(11,12)13/h2-3,14H,4H2,1H3/b3-2+. The van der Waals surface area contributed by atoms with Crippen LogP contribution in [0.4, 0.5) is 26.3 Å². The molecule has 0 saturated heterocycles. The summed E-state index contributed by atoms with van der Waals surface area (Å²) in [5.74, 6) is 0. The van der Waals surface area contributed by atoms with E-state index in [0.29, 0.717) is 6.08 Å². The van der Waals surface area contributed by atoms with Crippen molar-refractivity contribution in [3.63, 3.8) is 0 Å². The van der Waals surface area contributed by atoms with Gasteiger partial charge in [-0.1, -0.05) is 12.2 Å². The molecule has 0 fully saturated rings. The summed E-state index contributed by atoms with van der Waals surface area (Å²) in [7, 11) is 0. The predicted octanol–water partition coefficient (Wildman–Crippen LogP) is 2.81. The van der Waals surface area contributed by atoms with Crippen LogP contribution in [-0.2, 0) is 0 Å². The molecule has 0 saturated carbocycles. The molecule has 84 valence electrons. The molecule has 0 aromatic heterocycles. The molecule has 0 bridgehead atoms. The first-order valence-electron chi connectivity index (χ1n) is 3.53. The Morgan fingerprint density at radius 2 is 1.36 bits per heavy atom. The second-order valence-corrected chi connectivity index (χ2v) is 2.63. The fraction of sp³-hybridized carbons (Fsp3) is 0.714. The zero-order valence-electron chi connectivity index (χ0n) is 7.08. The van der Waals surface area contributed by atoms with Crippen LogP contribution >= 0.6 is 0 Å². The first-order valence-corrected chi connectivity index (χ1v) is 3.53. The molecule has 0 rings (SSSR count). The van der Waals surface area contributed by atoms with Gasteiger partial charge in [-0.15, -0.1) is 0 Å². The molecule has 7 heteroatoms. The first-order chi connectivity index (χ1) is 6.06. The molecule has 0 aliphatic carbocycles. The maximum atomic E-state index is 11.9. The molecule has 1 nitrogen and oxygen atoms in total. The smallest absolute Gasteiger partial charge is 0.373 e. The van der Waals surface area contributed by atoms with Crippen molar-refractivity contribution < 1.29 is 31.4 Å². The fourth-order valence-corrected chi connectivity index (χ4v) is 0.681. The van der Waals surface area contributed by atoms with Gasteiger partial charge in [0.15, 0.2) is 0 Å². The Morgan fingerprint density at radius 1 is 1.00 bits per heavy atom. The molecule has 0 unspecified atom stereocenters. The predicted molar refractivity (Wildman–Crippen MR) is 36.5 cm³/mol. The van der Waals surface area contributed by atoms with Crippen molar-refractivity contribution in [2.45, 2.75) is 31.3 Å². The molecule has 0 amide bonds. The van der Waals surface area contributed by atoms with Gasteiger partial charge in [0.1, 0.15) is 0 Å². The SMILES string of the molecule is C/C=C/CC(O)(C(F)(F)F)C(F)(F)F. The molecule has 0 radical (unpaired) electrons. The zero-order valence-corrected chi connectivity index (χ0v) is 7.08. The van der Waals surface area contributed by atoms with Gasteiger partial charge in [-0.05, 0) is 6.92 Å². The van der Waals surface area contributed by atoms with Crippen LogP contribution in [0.25, 0.3) is 0 Å². The van der Waals surface area contributed by atoms with E-state index in [0.717, 1.165) is 6.08 Å². The number of halogens is 6. The largest absolute Gasteiger partial charge is 0.426 e. The van der Waals surface area contributed by atoms with E-state index in [2.05, 4.69) is 0 Å². The summed E-state index contributed by atoms with van der Waals surface area (Å²) in [4.78, 5) is 0. The van der Waals surface area contributed by atoms with Crippen molar-refractivity contribution in [2.75, 3.05) is 0 Å². The van der Waals surface area contributed by atoms with Crippen LogP contribution in [0.5, 0.6) is 0 Å². The van der Waals surface area contributed by atoms with E-state index in [9.17, 15) is 26.3 Å². The molecule has 0 atom stereocenters.